The zero-order valence-electron chi connectivity index (χ0n) is 14.3. The fourth-order valence-electron chi connectivity index (χ4n) is 2.12. The lowest BCUT2D eigenvalue weighted by atomic mass is 10.2. The van der Waals surface area contributed by atoms with Gasteiger partial charge in [0, 0.05) is 25.7 Å². The van der Waals surface area contributed by atoms with Crippen molar-refractivity contribution in [2.45, 2.75) is 45.8 Å². The Labute approximate surface area is 141 Å². The monoisotopic (exact) mass is 333 g/mol. The summed E-state index contributed by atoms with van der Waals surface area (Å²) in [5, 5.41) is 2.89. The van der Waals surface area contributed by atoms with E-state index in [1.807, 2.05) is 12.1 Å². The highest BCUT2D eigenvalue weighted by molar-refractivity contribution is 6.15. The molecule has 0 aliphatic carbocycles. The molecule has 1 aromatic rings. The lowest BCUT2D eigenvalue weighted by Crippen LogP contribution is -2.42. The third-order valence-corrected chi connectivity index (χ3v) is 3.37. The van der Waals surface area contributed by atoms with Crippen LogP contribution in [0, 0.1) is 0 Å². The molecule has 130 valence electrons. The van der Waals surface area contributed by atoms with Gasteiger partial charge in [-0.05, 0) is 30.7 Å². The van der Waals surface area contributed by atoms with Crippen LogP contribution in [-0.2, 0) is 19.1 Å². The highest BCUT2D eigenvalue weighted by Gasteiger charge is 2.38. The summed E-state index contributed by atoms with van der Waals surface area (Å²) in [5.41, 5.74) is 0.544. The van der Waals surface area contributed by atoms with Crippen LogP contribution in [0.3, 0.4) is 0 Å². The minimum atomic E-state index is -1.23. The van der Waals surface area contributed by atoms with Crippen molar-refractivity contribution in [3.63, 3.8) is 0 Å². The maximum Gasteiger partial charge on any atom is 0.350 e. The van der Waals surface area contributed by atoms with Gasteiger partial charge in [-0.15, -0.1) is 0 Å². The van der Waals surface area contributed by atoms with Crippen molar-refractivity contribution in [2.24, 2.45) is 0 Å². The molecule has 0 radical (unpaired) electrons. The molecule has 0 atom stereocenters. The van der Waals surface area contributed by atoms with Gasteiger partial charge in [0.15, 0.2) is 5.57 Å². The summed E-state index contributed by atoms with van der Waals surface area (Å²) >= 11 is 0. The van der Waals surface area contributed by atoms with Gasteiger partial charge in [0.1, 0.15) is 5.75 Å². The molecule has 0 saturated carbocycles. The minimum absolute atomic E-state index is 0.172. The molecule has 1 aliphatic heterocycles. The second-order valence-corrected chi connectivity index (χ2v) is 5.96. The Bertz CT molecular complexity index is 597. The van der Waals surface area contributed by atoms with Crippen LogP contribution in [0.5, 0.6) is 5.75 Å². The number of carbonyl (C=O) groups is 2. The van der Waals surface area contributed by atoms with Gasteiger partial charge in [-0.3, -0.25) is 0 Å². The van der Waals surface area contributed by atoms with Crippen LogP contribution in [-0.4, -0.2) is 24.3 Å². The number of ether oxygens (including phenoxy) is 3. The van der Waals surface area contributed by atoms with Crippen molar-refractivity contribution < 1.29 is 23.8 Å². The number of cyclic esters (lactones) is 2. The standard InChI is InChI=1S/C18H23NO5/c1-4-5-6-11-22-14-9-7-13(8-10-14)19-12-15-16(20)23-18(2,3)24-17(15)21/h7-10,12,19H,4-6,11H2,1-3H3. The molecule has 6 nitrogen and oxygen atoms in total. The first-order valence-electron chi connectivity index (χ1n) is 8.07. The highest BCUT2D eigenvalue weighted by atomic mass is 16.7. The normalized spacial score (nSPS) is 16.2. The van der Waals surface area contributed by atoms with E-state index in [9.17, 15) is 9.59 Å². The molecule has 24 heavy (non-hydrogen) atoms. The molecule has 1 aromatic carbocycles. The zero-order chi connectivity index (χ0) is 17.6. The van der Waals surface area contributed by atoms with E-state index in [0.717, 1.165) is 25.0 Å². The number of nitrogens with one attached hydrogen (secondary N) is 1. The van der Waals surface area contributed by atoms with E-state index in [1.165, 1.54) is 20.0 Å². The van der Waals surface area contributed by atoms with E-state index in [4.69, 9.17) is 14.2 Å². The van der Waals surface area contributed by atoms with Crippen molar-refractivity contribution in [1.29, 1.82) is 0 Å². The van der Waals surface area contributed by atoms with E-state index in [0.29, 0.717) is 12.3 Å². The highest BCUT2D eigenvalue weighted by Crippen LogP contribution is 2.23. The summed E-state index contributed by atoms with van der Waals surface area (Å²) in [6.07, 6.45) is 4.62. The van der Waals surface area contributed by atoms with Gasteiger partial charge < -0.3 is 19.5 Å². The Morgan fingerprint density at radius 3 is 2.29 bits per heavy atom. The Kier molecular flexibility index (Phi) is 5.84. The molecule has 6 heteroatoms. The van der Waals surface area contributed by atoms with Gasteiger partial charge in [0.2, 0.25) is 0 Å². The van der Waals surface area contributed by atoms with Crippen molar-refractivity contribution in [3.05, 3.63) is 36.0 Å². The van der Waals surface area contributed by atoms with E-state index < -0.39 is 17.7 Å². The van der Waals surface area contributed by atoms with Gasteiger partial charge in [-0.2, -0.15) is 0 Å². The molecular formula is C18H23NO5. The number of unbranched alkanes of at least 4 members (excludes halogenated alkanes) is 2. The van der Waals surface area contributed by atoms with Crippen LogP contribution in [0.25, 0.3) is 0 Å². The van der Waals surface area contributed by atoms with Crippen LogP contribution in [0.15, 0.2) is 36.0 Å². The predicted octanol–water partition coefficient (Wildman–Crippen LogP) is 3.39. The van der Waals surface area contributed by atoms with Crippen LogP contribution in [0.2, 0.25) is 0 Å². The molecule has 1 fully saturated rings. The maximum absolute atomic E-state index is 11.8. The molecule has 1 saturated heterocycles. The Morgan fingerprint density at radius 2 is 1.71 bits per heavy atom. The van der Waals surface area contributed by atoms with Crippen LogP contribution >= 0.6 is 0 Å². The minimum Gasteiger partial charge on any atom is -0.494 e. The molecule has 0 bridgehead atoms. The average molecular weight is 333 g/mol. The van der Waals surface area contributed by atoms with Crippen LogP contribution in [0.4, 0.5) is 5.69 Å². The average Bonchev–Trinajstić information content (AvgIpc) is 2.51. The lowest BCUT2D eigenvalue weighted by Gasteiger charge is -2.29. The number of hydrogen-bond donors (Lipinski definition) is 1. The van der Waals surface area contributed by atoms with Crippen LogP contribution in [0.1, 0.15) is 40.0 Å². The summed E-state index contributed by atoms with van der Waals surface area (Å²) in [6, 6.07) is 7.26. The fourth-order valence-corrected chi connectivity index (χ4v) is 2.12. The third-order valence-electron chi connectivity index (χ3n) is 3.37. The molecule has 0 aromatic heterocycles. The second-order valence-electron chi connectivity index (χ2n) is 5.96. The van der Waals surface area contributed by atoms with Gasteiger partial charge in [-0.25, -0.2) is 9.59 Å². The number of hydrogen-bond acceptors (Lipinski definition) is 6. The zero-order valence-corrected chi connectivity index (χ0v) is 14.3. The summed E-state index contributed by atoms with van der Waals surface area (Å²) in [4.78, 5) is 23.6. The number of anilines is 1. The predicted molar refractivity (Wildman–Crippen MR) is 89.4 cm³/mol. The lowest BCUT2D eigenvalue weighted by molar-refractivity contribution is -0.222. The molecule has 0 spiro atoms. The fraction of sp³-hybridized carbons (Fsp3) is 0.444. The molecule has 2 rings (SSSR count). The number of benzene rings is 1. The number of carbonyl (C=O) groups excluding carboxylic acids is 2. The summed E-state index contributed by atoms with van der Waals surface area (Å²) in [5.74, 6) is -1.87. The third kappa shape index (κ3) is 5.01. The van der Waals surface area contributed by atoms with E-state index in [-0.39, 0.29) is 5.57 Å². The summed E-state index contributed by atoms with van der Waals surface area (Å²) < 4.78 is 15.7. The molecular weight excluding hydrogens is 310 g/mol. The molecule has 1 heterocycles. The molecule has 1 N–H and O–H groups in total. The first-order valence-corrected chi connectivity index (χ1v) is 8.07. The van der Waals surface area contributed by atoms with Gasteiger partial charge >= 0.3 is 11.9 Å². The first kappa shape index (κ1) is 17.8. The van der Waals surface area contributed by atoms with Gasteiger partial charge in [-0.1, -0.05) is 19.8 Å². The second kappa shape index (κ2) is 7.86. The molecule has 0 unspecified atom stereocenters. The topological polar surface area (TPSA) is 73.9 Å². The maximum atomic E-state index is 11.8. The van der Waals surface area contributed by atoms with Gasteiger partial charge in [0.25, 0.3) is 5.79 Å². The Balaban J connectivity index is 1.92. The van der Waals surface area contributed by atoms with E-state index >= 15 is 0 Å². The SMILES string of the molecule is CCCCCOc1ccc(NC=C2C(=O)OC(C)(C)OC2=O)cc1. The van der Waals surface area contributed by atoms with Crippen molar-refractivity contribution in [1.82, 2.24) is 0 Å². The Hall–Kier alpha value is -2.50. The summed E-state index contributed by atoms with van der Waals surface area (Å²) in [6.45, 7) is 5.85. The molecule has 0 amide bonds. The smallest absolute Gasteiger partial charge is 0.350 e. The van der Waals surface area contributed by atoms with Crippen molar-refractivity contribution >= 4 is 17.6 Å². The van der Waals surface area contributed by atoms with E-state index in [2.05, 4.69) is 12.2 Å². The van der Waals surface area contributed by atoms with E-state index in [1.54, 1.807) is 12.1 Å². The largest absolute Gasteiger partial charge is 0.494 e. The number of rotatable bonds is 7. The number of esters is 2. The molecule has 1 aliphatic rings. The Morgan fingerprint density at radius 1 is 1.08 bits per heavy atom. The quantitative estimate of drug-likeness (QED) is 0.357. The summed E-state index contributed by atoms with van der Waals surface area (Å²) in [7, 11) is 0. The first-order chi connectivity index (χ1) is 11.4. The van der Waals surface area contributed by atoms with Crippen molar-refractivity contribution in [2.75, 3.05) is 11.9 Å². The van der Waals surface area contributed by atoms with Gasteiger partial charge in [0.05, 0.1) is 6.61 Å². The van der Waals surface area contributed by atoms with Crippen molar-refractivity contribution in [3.8, 4) is 5.75 Å². The van der Waals surface area contributed by atoms with Crippen LogP contribution < -0.4 is 10.1 Å².